The van der Waals surface area contributed by atoms with Crippen molar-refractivity contribution in [2.24, 2.45) is 0 Å². The second-order valence-electron chi connectivity index (χ2n) is 4.48. The molecule has 1 saturated heterocycles. The van der Waals surface area contributed by atoms with E-state index in [-0.39, 0.29) is 5.75 Å². The molecule has 0 radical (unpaired) electrons. The smallest absolute Gasteiger partial charge is 0.261 e. The van der Waals surface area contributed by atoms with E-state index in [0.29, 0.717) is 16.7 Å². The highest BCUT2D eigenvalue weighted by Crippen LogP contribution is 2.39. The van der Waals surface area contributed by atoms with Crippen LogP contribution >= 0.6 is 11.8 Å². The number of aromatic hydroxyl groups is 1. The number of aromatic nitrogens is 2. The van der Waals surface area contributed by atoms with Gasteiger partial charge in [-0.3, -0.25) is 0 Å². The first-order valence-corrected chi connectivity index (χ1v) is 7.04. The van der Waals surface area contributed by atoms with E-state index in [1.165, 1.54) is 6.42 Å². The molecule has 18 heavy (non-hydrogen) atoms. The molecule has 1 aliphatic rings. The molecule has 1 N–H and O–H groups in total. The van der Waals surface area contributed by atoms with Crippen molar-refractivity contribution in [3.63, 3.8) is 0 Å². The summed E-state index contributed by atoms with van der Waals surface area (Å²) in [4.78, 5) is 4.39. The number of thioether (sulfide) groups is 1. The van der Waals surface area contributed by atoms with E-state index in [1.54, 1.807) is 6.07 Å². The molecule has 0 spiro atoms. The summed E-state index contributed by atoms with van der Waals surface area (Å²) < 4.78 is 5.25. The fourth-order valence-electron chi connectivity index (χ4n) is 2.08. The molecule has 0 aliphatic carbocycles. The molecule has 2 heterocycles. The molecular weight excluding hydrogens is 248 g/mol. The van der Waals surface area contributed by atoms with Gasteiger partial charge >= 0.3 is 0 Å². The second-order valence-corrected chi connectivity index (χ2v) is 5.79. The van der Waals surface area contributed by atoms with Crippen LogP contribution in [0.4, 0.5) is 0 Å². The van der Waals surface area contributed by atoms with Crippen LogP contribution in [0.1, 0.15) is 29.5 Å². The van der Waals surface area contributed by atoms with Crippen LogP contribution in [0.2, 0.25) is 0 Å². The highest BCUT2D eigenvalue weighted by Gasteiger charge is 2.23. The highest BCUT2D eigenvalue weighted by atomic mass is 32.2. The molecule has 1 aliphatic heterocycles. The average molecular weight is 262 g/mol. The van der Waals surface area contributed by atoms with E-state index < -0.39 is 0 Å². The van der Waals surface area contributed by atoms with Crippen molar-refractivity contribution in [2.75, 3.05) is 5.75 Å². The van der Waals surface area contributed by atoms with Crippen molar-refractivity contribution in [3.05, 3.63) is 29.6 Å². The number of nitrogens with zero attached hydrogens (tertiary/aromatic N) is 2. The number of aryl methyl sites for hydroxylation is 1. The fraction of sp³-hybridized carbons (Fsp3) is 0.385. The van der Waals surface area contributed by atoms with Crippen LogP contribution in [0.15, 0.2) is 22.7 Å². The monoisotopic (exact) mass is 262 g/mol. The first kappa shape index (κ1) is 11.6. The maximum Gasteiger partial charge on any atom is 0.261 e. The summed E-state index contributed by atoms with van der Waals surface area (Å²) in [5.41, 5.74) is 1.60. The van der Waals surface area contributed by atoms with Crippen molar-refractivity contribution in [1.29, 1.82) is 0 Å². The Labute approximate surface area is 109 Å². The average Bonchev–Trinajstić information content (AvgIpc) is 2.99. The normalized spacial score (nSPS) is 19.3. The summed E-state index contributed by atoms with van der Waals surface area (Å²) in [5, 5.41) is 14.2. The summed E-state index contributed by atoms with van der Waals surface area (Å²) in [6.07, 6.45) is 2.30. The van der Waals surface area contributed by atoms with Gasteiger partial charge < -0.3 is 9.63 Å². The quantitative estimate of drug-likeness (QED) is 0.899. The Hall–Kier alpha value is -1.49. The first-order chi connectivity index (χ1) is 8.74. The summed E-state index contributed by atoms with van der Waals surface area (Å²) in [5.74, 6) is 2.48. The van der Waals surface area contributed by atoms with Gasteiger partial charge in [0.1, 0.15) is 5.75 Å². The molecule has 1 atom stereocenters. The second kappa shape index (κ2) is 4.65. The third-order valence-corrected chi connectivity index (χ3v) is 4.42. The van der Waals surface area contributed by atoms with Gasteiger partial charge in [0.2, 0.25) is 0 Å². The number of phenols is 1. The lowest BCUT2D eigenvalue weighted by atomic mass is 10.1. The zero-order valence-electron chi connectivity index (χ0n) is 10.1. The minimum Gasteiger partial charge on any atom is -0.507 e. The molecule has 1 unspecified atom stereocenters. The van der Waals surface area contributed by atoms with Crippen LogP contribution in [0, 0.1) is 6.92 Å². The van der Waals surface area contributed by atoms with Gasteiger partial charge in [0.05, 0.1) is 10.8 Å². The molecule has 3 rings (SSSR count). The fourth-order valence-corrected chi connectivity index (χ4v) is 3.27. The van der Waals surface area contributed by atoms with Gasteiger partial charge in [0.25, 0.3) is 5.89 Å². The van der Waals surface area contributed by atoms with Gasteiger partial charge in [-0.25, -0.2) is 0 Å². The van der Waals surface area contributed by atoms with E-state index in [4.69, 9.17) is 4.52 Å². The van der Waals surface area contributed by atoms with E-state index in [1.807, 2.05) is 30.8 Å². The molecule has 5 heteroatoms. The molecule has 1 fully saturated rings. The molecule has 2 aromatic rings. The molecular formula is C13H14N2O2S. The number of rotatable bonds is 2. The van der Waals surface area contributed by atoms with Crippen LogP contribution in [0.25, 0.3) is 11.5 Å². The topological polar surface area (TPSA) is 59.2 Å². The standard InChI is InChI=1S/C13H14N2O2S/c1-8-4-5-9(10(16)7-8)13-14-12(15-17-13)11-3-2-6-18-11/h4-5,7,11,16H,2-3,6H2,1H3. The van der Waals surface area contributed by atoms with Crippen LogP contribution in [-0.4, -0.2) is 21.0 Å². The van der Waals surface area contributed by atoms with Crippen molar-refractivity contribution < 1.29 is 9.63 Å². The Morgan fingerprint density at radius 1 is 1.44 bits per heavy atom. The predicted molar refractivity (Wildman–Crippen MR) is 70.6 cm³/mol. The summed E-state index contributed by atoms with van der Waals surface area (Å²) in [6, 6.07) is 5.43. The van der Waals surface area contributed by atoms with Gasteiger partial charge in [-0.05, 0) is 43.2 Å². The minimum atomic E-state index is 0.185. The Bertz CT molecular complexity index is 562. The lowest BCUT2D eigenvalue weighted by Crippen LogP contribution is -1.91. The van der Waals surface area contributed by atoms with Crippen LogP contribution in [0.5, 0.6) is 5.75 Å². The molecule has 0 saturated carbocycles. The zero-order chi connectivity index (χ0) is 12.5. The van der Waals surface area contributed by atoms with Crippen molar-refractivity contribution in [3.8, 4) is 17.2 Å². The molecule has 0 amide bonds. The first-order valence-electron chi connectivity index (χ1n) is 5.99. The molecule has 1 aromatic carbocycles. The number of phenolic OH excluding ortho intramolecular Hbond substituents is 1. The largest absolute Gasteiger partial charge is 0.507 e. The SMILES string of the molecule is Cc1ccc(-c2nc(C3CCCS3)no2)c(O)c1. The van der Waals surface area contributed by atoms with Crippen LogP contribution < -0.4 is 0 Å². The maximum atomic E-state index is 9.89. The lowest BCUT2D eigenvalue weighted by molar-refractivity contribution is 0.416. The highest BCUT2D eigenvalue weighted by molar-refractivity contribution is 7.99. The Morgan fingerprint density at radius 3 is 3.06 bits per heavy atom. The predicted octanol–water partition coefficient (Wildman–Crippen LogP) is 3.32. The van der Waals surface area contributed by atoms with Crippen molar-refractivity contribution in [1.82, 2.24) is 10.1 Å². The van der Waals surface area contributed by atoms with Gasteiger partial charge in [-0.15, -0.1) is 0 Å². The minimum absolute atomic E-state index is 0.185. The van der Waals surface area contributed by atoms with Crippen LogP contribution in [-0.2, 0) is 0 Å². The lowest BCUT2D eigenvalue weighted by Gasteiger charge is -2.01. The summed E-state index contributed by atoms with van der Waals surface area (Å²) in [7, 11) is 0. The molecule has 1 aromatic heterocycles. The Morgan fingerprint density at radius 2 is 2.33 bits per heavy atom. The number of benzene rings is 1. The summed E-state index contributed by atoms with van der Waals surface area (Å²) in [6.45, 7) is 1.93. The maximum absolute atomic E-state index is 9.89. The van der Waals surface area contributed by atoms with Gasteiger partial charge in [0.15, 0.2) is 5.82 Å². The third kappa shape index (κ3) is 2.10. The molecule has 4 nitrogen and oxygen atoms in total. The van der Waals surface area contributed by atoms with Gasteiger partial charge in [-0.1, -0.05) is 11.2 Å². The zero-order valence-corrected chi connectivity index (χ0v) is 10.9. The molecule has 94 valence electrons. The van der Waals surface area contributed by atoms with E-state index in [0.717, 1.165) is 23.6 Å². The number of hydrogen-bond acceptors (Lipinski definition) is 5. The van der Waals surface area contributed by atoms with E-state index in [2.05, 4.69) is 10.1 Å². The van der Waals surface area contributed by atoms with Crippen molar-refractivity contribution in [2.45, 2.75) is 25.0 Å². The third-order valence-electron chi connectivity index (χ3n) is 3.04. The van der Waals surface area contributed by atoms with Crippen molar-refractivity contribution >= 4 is 11.8 Å². The van der Waals surface area contributed by atoms with E-state index in [9.17, 15) is 5.11 Å². The van der Waals surface area contributed by atoms with Gasteiger partial charge in [-0.2, -0.15) is 16.7 Å². The Kier molecular flexibility index (Phi) is 2.99. The van der Waals surface area contributed by atoms with E-state index >= 15 is 0 Å². The Balaban J connectivity index is 1.92. The summed E-state index contributed by atoms with van der Waals surface area (Å²) >= 11 is 1.86. The molecule has 0 bridgehead atoms. The number of hydrogen-bond donors (Lipinski definition) is 1. The van der Waals surface area contributed by atoms with Gasteiger partial charge in [0, 0.05) is 0 Å². The van der Waals surface area contributed by atoms with Crippen LogP contribution in [0.3, 0.4) is 0 Å².